The topological polar surface area (TPSA) is 159 Å². The molecule has 0 aliphatic carbocycles. The standard InChI is InChI=1S/C9H12N6O4/c10-5-1-2-15(9(18)12-5)8-6(13-14-11)7(17)4(3-16)19-8/h1-2,4,6-8,16-17H,3H2,(H2,10,12,18)/t4-,6?,7?,8-/m1/s1. The summed E-state index contributed by atoms with van der Waals surface area (Å²) in [6.45, 7) is -0.466. The molecule has 1 saturated heterocycles. The predicted octanol–water partition coefficient (Wildman–Crippen LogP) is -1.24. The summed E-state index contributed by atoms with van der Waals surface area (Å²) >= 11 is 0. The molecule has 0 amide bonds. The van der Waals surface area contributed by atoms with Gasteiger partial charge in [0, 0.05) is 11.1 Å². The van der Waals surface area contributed by atoms with Crippen molar-refractivity contribution in [1.29, 1.82) is 0 Å². The zero-order valence-corrected chi connectivity index (χ0v) is 9.70. The Morgan fingerprint density at radius 2 is 2.42 bits per heavy atom. The molecule has 4 N–H and O–H groups in total. The molecule has 0 saturated carbocycles. The molecule has 1 aliphatic heterocycles. The minimum atomic E-state index is -1.21. The van der Waals surface area contributed by atoms with E-state index in [1.165, 1.54) is 12.3 Å². The monoisotopic (exact) mass is 268 g/mol. The van der Waals surface area contributed by atoms with Crippen LogP contribution in [0, 0.1) is 0 Å². The molecule has 1 aromatic heterocycles. The number of aromatic nitrogens is 2. The molecule has 2 heterocycles. The fraction of sp³-hybridized carbons (Fsp3) is 0.556. The molecule has 0 radical (unpaired) electrons. The summed E-state index contributed by atoms with van der Waals surface area (Å²) in [6, 6.07) is 0.335. The Hall–Kier alpha value is -2.13. The van der Waals surface area contributed by atoms with E-state index in [-0.39, 0.29) is 5.82 Å². The number of aliphatic hydroxyl groups excluding tert-OH is 2. The zero-order chi connectivity index (χ0) is 14.0. The molecule has 0 aromatic carbocycles. The number of rotatable bonds is 3. The molecule has 1 fully saturated rings. The highest BCUT2D eigenvalue weighted by Crippen LogP contribution is 2.30. The van der Waals surface area contributed by atoms with E-state index in [4.69, 9.17) is 21.1 Å². The molecule has 0 spiro atoms. The van der Waals surface area contributed by atoms with Crippen LogP contribution in [0.1, 0.15) is 6.23 Å². The minimum absolute atomic E-state index is 0.0406. The number of nitrogens with two attached hydrogens (primary N) is 1. The van der Waals surface area contributed by atoms with Crippen LogP contribution in [-0.2, 0) is 4.74 Å². The Bertz CT molecular complexity index is 568. The Kier molecular flexibility index (Phi) is 3.67. The van der Waals surface area contributed by atoms with Gasteiger partial charge in [-0.3, -0.25) is 4.57 Å². The van der Waals surface area contributed by atoms with Gasteiger partial charge >= 0.3 is 5.69 Å². The van der Waals surface area contributed by atoms with Crippen molar-refractivity contribution in [3.8, 4) is 0 Å². The fourth-order valence-electron chi connectivity index (χ4n) is 1.91. The zero-order valence-electron chi connectivity index (χ0n) is 9.70. The number of hydrogen-bond acceptors (Lipinski definition) is 7. The van der Waals surface area contributed by atoms with Crippen molar-refractivity contribution in [2.75, 3.05) is 12.3 Å². The largest absolute Gasteiger partial charge is 0.394 e. The first kappa shape index (κ1) is 13.3. The van der Waals surface area contributed by atoms with Gasteiger partial charge in [0.1, 0.15) is 24.2 Å². The van der Waals surface area contributed by atoms with E-state index >= 15 is 0 Å². The van der Waals surface area contributed by atoms with E-state index in [0.29, 0.717) is 0 Å². The van der Waals surface area contributed by atoms with Crippen LogP contribution in [0.4, 0.5) is 5.82 Å². The van der Waals surface area contributed by atoms with Crippen molar-refractivity contribution >= 4 is 5.82 Å². The van der Waals surface area contributed by atoms with Crippen LogP contribution in [0.5, 0.6) is 0 Å². The summed E-state index contributed by atoms with van der Waals surface area (Å²) in [5.74, 6) is 0.0406. The lowest BCUT2D eigenvalue weighted by molar-refractivity contribution is -0.0464. The lowest BCUT2D eigenvalue weighted by Gasteiger charge is -2.17. The van der Waals surface area contributed by atoms with Crippen LogP contribution in [0.15, 0.2) is 22.2 Å². The van der Waals surface area contributed by atoms with E-state index in [0.717, 1.165) is 4.57 Å². The normalized spacial score (nSPS) is 30.0. The number of hydrogen-bond donors (Lipinski definition) is 3. The maximum atomic E-state index is 11.7. The number of aliphatic hydroxyl groups is 2. The van der Waals surface area contributed by atoms with Gasteiger partial charge in [-0.15, -0.1) is 0 Å². The van der Waals surface area contributed by atoms with Crippen molar-refractivity contribution < 1.29 is 14.9 Å². The molecule has 4 atom stereocenters. The summed E-state index contributed by atoms with van der Waals surface area (Å²) in [7, 11) is 0. The summed E-state index contributed by atoms with van der Waals surface area (Å²) < 4.78 is 6.36. The van der Waals surface area contributed by atoms with E-state index in [1.54, 1.807) is 0 Å². The lowest BCUT2D eigenvalue weighted by atomic mass is 10.1. The van der Waals surface area contributed by atoms with Crippen molar-refractivity contribution in [3.63, 3.8) is 0 Å². The van der Waals surface area contributed by atoms with Crippen LogP contribution >= 0.6 is 0 Å². The maximum Gasteiger partial charge on any atom is 0.351 e. The van der Waals surface area contributed by atoms with Crippen molar-refractivity contribution in [2.24, 2.45) is 5.11 Å². The van der Waals surface area contributed by atoms with E-state index in [9.17, 15) is 9.90 Å². The molecule has 2 unspecified atom stereocenters. The van der Waals surface area contributed by atoms with Crippen LogP contribution < -0.4 is 11.4 Å². The molecule has 19 heavy (non-hydrogen) atoms. The number of azide groups is 1. The molecule has 1 aliphatic rings. The Morgan fingerprint density at radius 3 is 3.00 bits per heavy atom. The smallest absolute Gasteiger partial charge is 0.351 e. The third-order valence-corrected chi connectivity index (χ3v) is 2.83. The molecule has 102 valence electrons. The second-order valence-corrected chi connectivity index (χ2v) is 3.98. The van der Waals surface area contributed by atoms with E-state index < -0.39 is 36.8 Å². The first-order valence-electron chi connectivity index (χ1n) is 5.41. The third-order valence-electron chi connectivity index (χ3n) is 2.83. The number of nitrogen functional groups attached to an aromatic ring is 1. The Labute approximate surface area is 106 Å². The fourth-order valence-corrected chi connectivity index (χ4v) is 1.91. The molecular weight excluding hydrogens is 256 g/mol. The first-order chi connectivity index (χ1) is 9.08. The average molecular weight is 268 g/mol. The summed E-state index contributed by atoms with van der Waals surface area (Å²) in [5, 5.41) is 22.3. The molecule has 10 nitrogen and oxygen atoms in total. The number of nitrogens with zero attached hydrogens (tertiary/aromatic N) is 5. The molecular formula is C9H12N6O4. The van der Waals surface area contributed by atoms with Crippen molar-refractivity contribution in [3.05, 3.63) is 33.2 Å². The van der Waals surface area contributed by atoms with Gasteiger partial charge in [-0.05, 0) is 11.6 Å². The van der Waals surface area contributed by atoms with Gasteiger partial charge in [-0.2, -0.15) is 4.98 Å². The average Bonchev–Trinajstić information content (AvgIpc) is 2.68. The molecule has 1 aromatic rings. The van der Waals surface area contributed by atoms with Crippen LogP contribution in [0.2, 0.25) is 0 Å². The Morgan fingerprint density at radius 1 is 1.68 bits per heavy atom. The van der Waals surface area contributed by atoms with Crippen molar-refractivity contribution in [1.82, 2.24) is 9.55 Å². The highest BCUT2D eigenvalue weighted by Gasteiger charge is 2.44. The van der Waals surface area contributed by atoms with Gasteiger partial charge in [0.2, 0.25) is 0 Å². The van der Waals surface area contributed by atoms with Gasteiger partial charge in [-0.25, -0.2) is 4.79 Å². The third kappa shape index (κ3) is 2.37. The van der Waals surface area contributed by atoms with E-state index in [1.807, 2.05) is 0 Å². The summed E-state index contributed by atoms with van der Waals surface area (Å²) in [5.41, 5.74) is 13.2. The lowest BCUT2D eigenvalue weighted by Crippen LogP contribution is -2.34. The van der Waals surface area contributed by atoms with Gasteiger partial charge < -0.3 is 20.7 Å². The van der Waals surface area contributed by atoms with Crippen molar-refractivity contribution in [2.45, 2.75) is 24.5 Å². The van der Waals surface area contributed by atoms with Crippen LogP contribution in [0.25, 0.3) is 10.4 Å². The molecule has 0 bridgehead atoms. The highest BCUT2D eigenvalue weighted by molar-refractivity contribution is 5.23. The van der Waals surface area contributed by atoms with Gasteiger partial charge in [0.05, 0.1) is 12.7 Å². The quantitative estimate of drug-likeness (QED) is 0.353. The van der Waals surface area contributed by atoms with Gasteiger partial charge in [0.25, 0.3) is 0 Å². The SMILES string of the molecule is [N-]=[N+]=NC1C(O)[C@@H](CO)O[C@H]1n1ccc(N)nc1=O. The Balaban J connectivity index is 2.41. The van der Waals surface area contributed by atoms with Gasteiger partial charge in [0.15, 0.2) is 0 Å². The number of anilines is 1. The van der Waals surface area contributed by atoms with Crippen LogP contribution in [-0.4, -0.2) is 44.6 Å². The second-order valence-electron chi connectivity index (χ2n) is 3.98. The summed E-state index contributed by atoms with van der Waals surface area (Å²) in [6.07, 6.45) is -1.87. The second kappa shape index (κ2) is 5.24. The van der Waals surface area contributed by atoms with Gasteiger partial charge in [-0.1, -0.05) is 5.11 Å². The predicted molar refractivity (Wildman–Crippen MR) is 62.8 cm³/mol. The highest BCUT2D eigenvalue weighted by atomic mass is 16.5. The maximum absolute atomic E-state index is 11.7. The first-order valence-corrected chi connectivity index (χ1v) is 5.41. The number of ether oxygens (including phenoxy) is 1. The summed E-state index contributed by atoms with van der Waals surface area (Å²) in [4.78, 5) is 17.8. The molecule has 2 rings (SSSR count). The molecule has 10 heteroatoms. The minimum Gasteiger partial charge on any atom is -0.394 e. The van der Waals surface area contributed by atoms with E-state index in [2.05, 4.69) is 15.0 Å². The van der Waals surface area contributed by atoms with Crippen LogP contribution in [0.3, 0.4) is 0 Å².